The molecule has 0 saturated carbocycles. The number of likely N-dealkylation sites (tertiary alicyclic amines) is 1. The molecule has 0 radical (unpaired) electrons. The van der Waals surface area contributed by atoms with Gasteiger partial charge in [-0.15, -0.1) is 0 Å². The number of aliphatic hydroxyl groups excluding tert-OH is 1. The molecular formula is C21H21N3O2. The summed E-state index contributed by atoms with van der Waals surface area (Å²) in [6, 6.07) is 13.4. The van der Waals surface area contributed by atoms with Gasteiger partial charge in [0.15, 0.2) is 0 Å². The van der Waals surface area contributed by atoms with Crippen molar-refractivity contribution in [1.29, 1.82) is 0 Å². The lowest BCUT2D eigenvalue weighted by atomic mass is 10.0. The molecule has 5 heteroatoms. The maximum absolute atomic E-state index is 13.2. The molecule has 0 bridgehead atoms. The largest absolute Gasteiger partial charge is 0.393 e. The highest BCUT2D eigenvalue weighted by atomic mass is 16.3. The fourth-order valence-electron chi connectivity index (χ4n) is 3.56. The van der Waals surface area contributed by atoms with E-state index in [2.05, 4.69) is 4.98 Å². The lowest BCUT2D eigenvalue weighted by Crippen LogP contribution is -2.30. The second-order valence-electron chi connectivity index (χ2n) is 6.85. The van der Waals surface area contributed by atoms with Crippen molar-refractivity contribution in [2.24, 2.45) is 5.92 Å². The molecule has 1 amide bonds. The molecule has 3 aromatic rings. The topological polar surface area (TPSA) is 66.3 Å². The first-order chi connectivity index (χ1) is 12.6. The third-order valence-corrected chi connectivity index (χ3v) is 5.12. The number of hydrogen-bond acceptors (Lipinski definition) is 4. The predicted molar refractivity (Wildman–Crippen MR) is 101 cm³/mol. The number of nitrogens with zero attached hydrogens (tertiary/aromatic N) is 3. The molecule has 2 aromatic heterocycles. The molecule has 4 rings (SSSR count). The van der Waals surface area contributed by atoms with Crippen molar-refractivity contribution in [2.75, 3.05) is 13.1 Å². The van der Waals surface area contributed by atoms with Crippen LogP contribution in [0.1, 0.15) is 23.7 Å². The summed E-state index contributed by atoms with van der Waals surface area (Å²) >= 11 is 0. The minimum atomic E-state index is -0.394. The Balaban J connectivity index is 1.77. The van der Waals surface area contributed by atoms with Crippen molar-refractivity contribution in [1.82, 2.24) is 14.9 Å². The predicted octanol–water partition coefficient (Wildman–Crippen LogP) is 3.14. The number of benzene rings is 1. The minimum absolute atomic E-state index is 0.00190. The molecule has 0 spiro atoms. The Bertz CT molecular complexity index is 940. The maximum atomic E-state index is 13.2. The second kappa shape index (κ2) is 6.84. The van der Waals surface area contributed by atoms with Crippen LogP contribution in [0.5, 0.6) is 0 Å². The number of aromatic nitrogens is 2. The number of carbonyl (C=O) groups is 1. The molecule has 132 valence electrons. The van der Waals surface area contributed by atoms with Crippen LogP contribution in [0.25, 0.3) is 22.2 Å². The molecular weight excluding hydrogens is 326 g/mol. The summed E-state index contributed by atoms with van der Waals surface area (Å²) in [6.45, 7) is 3.06. The number of carbonyl (C=O) groups excluding carboxylic acids is 1. The number of hydrogen-bond donors (Lipinski definition) is 1. The molecule has 1 aliphatic rings. The van der Waals surface area contributed by atoms with E-state index in [1.807, 2.05) is 47.4 Å². The zero-order chi connectivity index (χ0) is 18.1. The molecule has 1 saturated heterocycles. The monoisotopic (exact) mass is 347 g/mol. The van der Waals surface area contributed by atoms with Crippen LogP contribution in [0.3, 0.4) is 0 Å². The SMILES string of the molecule is CC(O)C1CCN(C(=O)c2cc(-c3ccncc3)nc3ccccc23)C1. The van der Waals surface area contributed by atoms with E-state index in [1.54, 1.807) is 19.3 Å². The van der Waals surface area contributed by atoms with E-state index in [0.29, 0.717) is 18.7 Å². The molecule has 3 heterocycles. The summed E-state index contributed by atoms with van der Waals surface area (Å²) in [7, 11) is 0. The lowest BCUT2D eigenvalue weighted by Gasteiger charge is -2.19. The summed E-state index contributed by atoms with van der Waals surface area (Å²) in [4.78, 5) is 23.8. The van der Waals surface area contributed by atoms with E-state index in [4.69, 9.17) is 4.98 Å². The van der Waals surface area contributed by atoms with Crippen LogP contribution < -0.4 is 0 Å². The number of fused-ring (bicyclic) bond motifs is 1. The summed E-state index contributed by atoms with van der Waals surface area (Å²) in [6.07, 6.45) is 3.89. The lowest BCUT2D eigenvalue weighted by molar-refractivity contribution is 0.0764. The van der Waals surface area contributed by atoms with Crippen LogP contribution in [0.4, 0.5) is 0 Å². The number of para-hydroxylation sites is 1. The van der Waals surface area contributed by atoms with Crippen LogP contribution in [-0.2, 0) is 0 Å². The Morgan fingerprint density at radius 2 is 2.00 bits per heavy atom. The van der Waals surface area contributed by atoms with Crippen molar-refractivity contribution < 1.29 is 9.90 Å². The molecule has 26 heavy (non-hydrogen) atoms. The standard InChI is InChI=1S/C21H21N3O2/c1-14(25)16-8-11-24(13-16)21(26)18-12-20(15-6-9-22-10-7-15)23-19-5-3-2-4-17(18)19/h2-7,9-10,12,14,16,25H,8,11,13H2,1H3. The number of aliphatic hydroxyl groups is 1. The van der Waals surface area contributed by atoms with Gasteiger partial charge in [0.2, 0.25) is 0 Å². The van der Waals surface area contributed by atoms with Crippen LogP contribution >= 0.6 is 0 Å². The first kappa shape index (κ1) is 16.7. The van der Waals surface area contributed by atoms with Gasteiger partial charge in [-0.3, -0.25) is 9.78 Å². The van der Waals surface area contributed by atoms with Gasteiger partial charge in [-0.05, 0) is 37.6 Å². The number of pyridine rings is 2. The van der Waals surface area contributed by atoms with E-state index in [9.17, 15) is 9.90 Å². The fraction of sp³-hybridized carbons (Fsp3) is 0.286. The van der Waals surface area contributed by atoms with Gasteiger partial charge in [-0.25, -0.2) is 4.98 Å². The van der Waals surface area contributed by atoms with Crippen LogP contribution in [0.2, 0.25) is 0 Å². The van der Waals surface area contributed by atoms with Crippen LogP contribution in [-0.4, -0.2) is 45.1 Å². The zero-order valence-electron chi connectivity index (χ0n) is 14.7. The van der Waals surface area contributed by atoms with Crippen molar-refractivity contribution in [3.05, 3.63) is 60.4 Å². The molecule has 1 N–H and O–H groups in total. The summed E-state index contributed by atoms with van der Waals surface area (Å²) in [5.74, 6) is 0.147. The van der Waals surface area contributed by atoms with Gasteiger partial charge < -0.3 is 10.0 Å². The van der Waals surface area contributed by atoms with Gasteiger partial charge in [0, 0.05) is 42.4 Å². The van der Waals surface area contributed by atoms with Gasteiger partial charge in [-0.2, -0.15) is 0 Å². The Kier molecular flexibility index (Phi) is 4.39. The summed E-state index contributed by atoms with van der Waals surface area (Å²) in [5.41, 5.74) is 3.16. The Hall–Kier alpha value is -2.79. The van der Waals surface area contributed by atoms with Gasteiger partial charge in [0.25, 0.3) is 5.91 Å². The number of rotatable bonds is 3. The molecule has 2 atom stereocenters. The summed E-state index contributed by atoms with van der Waals surface area (Å²) in [5, 5.41) is 10.7. The second-order valence-corrected chi connectivity index (χ2v) is 6.85. The van der Waals surface area contributed by atoms with Crippen molar-refractivity contribution >= 4 is 16.8 Å². The Morgan fingerprint density at radius 1 is 1.23 bits per heavy atom. The van der Waals surface area contributed by atoms with Gasteiger partial charge >= 0.3 is 0 Å². The first-order valence-electron chi connectivity index (χ1n) is 8.91. The van der Waals surface area contributed by atoms with E-state index >= 15 is 0 Å². The zero-order valence-corrected chi connectivity index (χ0v) is 14.7. The third kappa shape index (κ3) is 3.06. The molecule has 2 unspecified atom stereocenters. The fourth-order valence-corrected chi connectivity index (χ4v) is 3.56. The normalized spacial score (nSPS) is 18.2. The third-order valence-electron chi connectivity index (χ3n) is 5.12. The quantitative estimate of drug-likeness (QED) is 0.790. The highest BCUT2D eigenvalue weighted by Gasteiger charge is 2.30. The van der Waals surface area contributed by atoms with Gasteiger partial charge in [-0.1, -0.05) is 18.2 Å². The number of amides is 1. The Labute approximate surface area is 152 Å². The van der Waals surface area contributed by atoms with Gasteiger partial charge in [0.1, 0.15) is 0 Å². The highest BCUT2D eigenvalue weighted by molar-refractivity contribution is 6.07. The smallest absolute Gasteiger partial charge is 0.254 e. The van der Waals surface area contributed by atoms with Crippen molar-refractivity contribution in [3.8, 4) is 11.3 Å². The highest BCUT2D eigenvalue weighted by Crippen LogP contribution is 2.28. The van der Waals surface area contributed by atoms with E-state index in [-0.39, 0.29) is 11.8 Å². The van der Waals surface area contributed by atoms with E-state index in [1.165, 1.54) is 0 Å². The van der Waals surface area contributed by atoms with Crippen molar-refractivity contribution in [2.45, 2.75) is 19.4 Å². The molecule has 0 aliphatic carbocycles. The summed E-state index contributed by atoms with van der Waals surface area (Å²) < 4.78 is 0. The molecule has 5 nitrogen and oxygen atoms in total. The van der Waals surface area contributed by atoms with Crippen LogP contribution in [0.15, 0.2) is 54.9 Å². The van der Waals surface area contributed by atoms with Crippen molar-refractivity contribution in [3.63, 3.8) is 0 Å². The minimum Gasteiger partial charge on any atom is -0.393 e. The average Bonchev–Trinajstić information content (AvgIpc) is 3.18. The average molecular weight is 347 g/mol. The van der Waals surface area contributed by atoms with E-state index in [0.717, 1.165) is 28.6 Å². The molecule has 1 aliphatic heterocycles. The first-order valence-corrected chi connectivity index (χ1v) is 8.91. The van der Waals surface area contributed by atoms with Gasteiger partial charge in [0.05, 0.1) is 22.9 Å². The molecule has 1 fully saturated rings. The van der Waals surface area contributed by atoms with Crippen LogP contribution in [0, 0.1) is 5.92 Å². The van der Waals surface area contributed by atoms with E-state index < -0.39 is 6.10 Å². The Morgan fingerprint density at radius 3 is 2.73 bits per heavy atom. The maximum Gasteiger partial charge on any atom is 0.254 e. The molecule has 1 aromatic carbocycles.